The maximum Gasteiger partial charge on any atom is 0.329 e. The predicted molar refractivity (Wildman–Crippen MR) is 133 cm³/mol. The van der Waals surface area contributed by atoms with Gasteiger partial charge in [0.1, 0.15) is 6.33 Å². The Hall–Kier alpha value is -3.48. The summed E-state index contributed by atoms with van der Waals surface area (Å²) in [5.41, 5.74) is 5.22. The van der Waals surface area contributed by atoms with E-state index in [0.717, 1.165) is 22.4 Å². The molecule has 0 atom stereocenters. The lowest BCUT2D eigenvalue weighted by Gasteiger charge is -2.22. The molecule has 0 bridgehead atoms. The van der Waals surface area contributed by atoms with Crippen molar-refractivity contribution in [2.24, 2.45) is 0 Å². The first-order valence-corrected chi connectivity index (χ1v) is 12.2. The topological polar surface area (TPSA) is 70.5 Å². The van der Waals surface area contributed by atoms with Crippen LogP contribution in [0.5, 0.6) is 0 Å². The van der Waals surface area contributed by atoms with Crippen LogP contribution >= 0.6 is 0 Å². The molecule has 1 fully saturated rings. The highest BCUT2D eigenvalue weighted by Crippen LogP contribution is 2.33. The number of tetrazole rings is 1. The minimum atomic E-state index is -0.241. The van der Waals surface area contributed by atoms with Gasteiger partial charge in [-0.2, -0.15) is 4.68 Å². The molecule has 7 heteroatoms. The molecule has 1 aliphatic carbocycles. The molecule has 4 aromatic rings. The molecule has 5 rings (SSSR count). The van der Waals surface area contributed by atoms with Crippen LogP contribution in [0.4, 0.5) is 0 Å². The summed E-state index contributed by atoms with van der Waals surface area (Å²) in [4.78, 5) is 13.5. The molecule has 0 aliphatic heterocycles. The minimum absolute atomic E-state index is 0.0844. The van der Waals surface area contributed by atoms with Gasteiger partial charge in [0.25, 0.3) is 0 Å². The van der Waals surface area contributed by atoms with Crippen LogP contribution in [0.2, 0.25) is 0 Å². The van der Waals surface area contributed by atoms with E-state index in [0.29, 0.717) is 12.5 Å². The zero-order valence-electron chi connectivity index (χ0n) is 20.2. The van der Waals surface area contributed by atoms with Crippen molar-refractivity contribution in [1.82, 2.24) is 29.3 Å². The maximum absolute atomic E-state index is 13.5. The van der Waals surface area contributed by atoms with Gasteiger partial charge in [0.05, 0.1) is 12.2 Å². The van der Waals surface area contributed by atoms with E-state index in [-0.39, 0.29) is 11.2 Å². The van der Waals surface area contributed by atoms with Gasteiger partial charge in [0.2, 0.25) is 0 Å². The minimum Gasteiger partial charge on any atom is -0.294 e. The Bertz CT molecular complexity index is 1300. The van der Waals surface area contributed by atoms with Crippen molar-refractivity contribution < 1.29 is 0 Å². The van der Waals surface area contributed by atoms with Gasteiger partial charge in [0, 0.05) is 28.9 Å². The third-order valence-electron chi connectivity index (χ3n) is 6.86. The van der Waals surface area contributed by atoms with Gasteiger partial charge in [-0.1, -0.05) is 61.7 Å². The average molecular weight is 457 g/mol. The van der Waals surface area contributed by atoms with Gasteiger partial charge in [-0.25, -0.2) is 4.79 Å². The summed E-state index contributed by atoms with van der Waals surface area (Å²) in [5.74, 6) is 0.465. The molecule has 176 valence electrons. The number of nitrogens with zero attached hydrogens (tertiary/aromatic N) is 6. The van der Waals surface area contributed by atoms with E-state index in [1.54, 1.807) is 11.0 Å². The first-order chi connectivity index (χ1) is 16.4. The first-order valence-electron chi connectivity index (χ1n) is 12.2. The average Bonchev–Trinajstić information content (AvgIpc) is 3.49. The largest absolute Gasteiger partial charge is 0.329 e. The van der Waals surface area contributed by atoms with Crippen LogP contribution in [0.15, 0.2) is 65.8 Å². The number of para-hydroxylation sites is 1. The molecule has 0 spiro atoms. The summed E-state index contributed by atoms with van der Waals surface area (Å²) in [5, 5.41) is 11.6. The first kappa shape index (κ1) is 22.3. The lowest BCUT2D eigenvalue weighted by atomic mass is 9.87. The summed E-state index contributed by atoms with van der Waals surface area (Å²) < 4.78 is 5.59. The third kappa shape index (κ3) is 4.34. The van der Waals surface area contributed by atoms with Crippen LogP contribution < -0.4 is 5.69 Å². The summed E-state index contributed by atoms with van der Waals surface area (Å²) in [6.07, 6.45) is 9.85. The van der Waals surface area contributed by atoms with E-state index in [2.05, 4.69) is 72.8 Å². The lowest BCUT2D eigenvalue weighted by Crippen LogP contribution is -2.34. The second kappa shape index (κ2) is 9.05. The van der Waals surface area contributed by atoms with Gasteiger partial charge in [-0.3, -0.25) is 9.13 Å². The number of hydrogen-bond donors (Lipinski definition) is 0. The molecule has 2 aromatic carbocycles. The highest BCUT2D eigenvalue weighted by Gasteiger charge is 2.26. The number of imidazole rings is 1. The van der Waals surface area contributed by atoms with Crippen molar-refractivity contribution in [3.63, 3.8) is 0 Å². The second-order valence-electron chi connectivity index (χ2n) is 10.3. The van der Waals surface area contributed by atoms with Crippen molar-refractivity contribution in [3.8, 4) is 16.8 Å². The zero-order valence-corrected chi connectivity index (χ0v) is 20.2. The van der Waals surface area contributed by atoms with Crippen molar-refractivity contribution in [1.29, 1.82) is 0 Å². The lowest BCUT2D eigenvalue weighted by molar-refractivity contribution is 0.380. The number of aromatic nitrogens is 6. The normalized spacial score (nSPS) is 15.0. The van der Waals surface area contributed by atoms with Crippen molar-refractivity contribution in [2.75, 3.05) is 0 Å². The van der Waals surface area contributed by atoms with Crippen LogP contribution in [0.3, 0.4) is 0 Å². The molecule has 2 heterocycles. The maximum atomic E-state index is 13.5. The molecular weight excluding hydrogens is 424 g/mol. The Labute approximate surface area is 200 Å². The van der Waals surface area contributed by atoms with E-state index in [1.165, 1.54) is 37.8 Å². The Morgan fingerprint density at radius 2 is 1.71 bits per heavy atom. The number of rotatable bonds is 5. The molecule has 7 nitrogen and oxygen atoms in total. The van der Waals surface area contributed by atoms with E-state index in [4.69, 9.17) is 0 Å². The highest BCUT2D eigenvalue weighted by atomic mass is 16.1. The fourth-order valence-electron chi connectivity index (χ4n) is 5.02. The molecule has 1 saturated carbocycles. The SMILES string of the molecule is CC(C)(C)n1cc(C2CCCCC2)n(Cc2ccc(-c3ccccc3-n3cnnn3)cc2)c1=O. The molecule has 0 unspecified atom stereocenters. The summed E-state index contributed by atoms with van der Waals surface area (Å²) in [6.45, 7) is 6.88. The summed E-state index contributed by atoms with van der Waals surface area (Å²) in [7, 11) is 0. The van der Waals surface area contributed by atoms with Gasteiger partial charge in [-0.05, 0) is 61.2 Å². The summed E-state index contributed by atoms with van der Waals surface area (Å²) >= 11 is 0. The monoisotopic (exact) mass is 456 g/mol. The van der Waals surface area contributed by atoms with Crippen LogP contribution in [0.1, 0.15) is 70.1 Å². The number of hydrogen-bond acceptors (Lipinski definition) is 4. The quantitative estimate of drug-likeness (QED) is 0.417. The molecule has 0 N–H and O–H groups in total. The van der Waals surface area contributed by atoms with Crippen molar-refractivity contribution in [3.05, 3.63) is 82.8 Å². The van der Waals surface area contributed by atoms with Crippen LogP contribution in [-0.2, 0) is 12.1 Å². The Morgan fingerprint density at radius 3 is 2.38 bits per heavy atom. The van der Waals surface area contributed by atoms with Gasteiger partial charge in [0.15, 0.2) is 0 Å². The molecule has 0 saturated heterocycles. The van der Waals surface area contributed by atoms with Crippen molar-refractivity contribution in [2.45, 2.75) is 70.9 Å². The molecule has 1 aliphatic rings. The van der Waals surface area contributed by atoms with Gasteiger partial charge >= 0.3 is 5.69 Å². The molecule has 0 amide bonds. The molecule has 34 heavy (non-hydrogen) atoms. The fourth-order valence-corrected chi connectivity index (χ4v) is 5.02. The van der Waals surface area contributed by atoms with E-state index >= 15 is 0 Å². The van der Waals surface area contributed by atoms with E-state index in [9.17, 15) is 4.79 Å². The van der Waals surface area contributed by atoms with Gasteiger partial charge in [-0.15, -0.1) is 5.10 Å². The van der Waals surface area contributed by atoms with Crippen molar-refractivity contribution >= 4 is 0 Å². The molecule has 2 aromatic heterocycles. The molecular formula is C27H32N6O. The Morgan fingerprint density at radius 1 is 0.971 bits per heavy atom. The third-order valence-corrected chi connectivity index (χ3v) is 6.86. The van der Waals surface area contributed by atoms with E-state index < -0.39 is 0 Å². The Kier molecular flexibility index (Phi) is 5.94. The smallest absolute Gasteiger partial charge is 0.294 e. The summed E-state index contributed by atoms with van der Waals surface area (Å²) in [6, 6.07) is 16.5. The van der Waals surface area contributed by atoms with Crippen LogP contribution in [0.25, 0.3) is 16.8 Å². The zero-order chi connectivity index (χ0) is 23.7. The highest BCUT2D eigenvalue weighted by molar-refractivity contribution is 5.72. The van der Waals surface area contributed by atoms with Gasteiger partial charge < -0.3 is 0 Å². The second-order valence-corrected chi connectivity index (χ2v) is 10.3. The standard InChI is InChI=1S/C27H32N6O/c1-27(2,3)32-18-25(22-9-5-4-6-10-22)31(26(32)34)17-20-13-15-21(16-14-20)23-11-7-8-12-24(23)33-19-28-29-30-33/h7-8,11-16,18-19,22H,4-6,9-10,17H2,1-3H3. The van der Waals surface area contributed by atoms with Crippen LogP contribution in [-0.4, -0.2) is 29.3 Å². The van der Waals surface area contributed by atoms with E-state index in [1.807, 2.05) is 27.3 Å². The predicted octanol–water partition coefficient (Wildman–Crippen LogP) is 5.14. The number of benzene rings is 2. The van der Waals surface area contributed by atoms with Crippen LogP contribution in [0, 0.1) is 0 Å². The fraction of sp³-hybridized carbons (Fsp3) is 0.407. The molecule has 0 radical (unpaired) electrons. The Balaban J connectivity index is 1.47.